The van der Waals surface area contributed by atoms with Crippen LogP contribution in [-0.2, 0) is 0 Å². The molecule has 6 heteroatoms. The van der Waals surface area contributed by atoms with E-state index in [-0.39, 0.29) is 5.75 Å². The van der Waals surface area contributed by atoms with Gasteiger partial charge < -0.3 is 9.84 Å². The summed E-state index contributed by atoms with van der Waals surface area (Å²) in [5.74, 6) is -0.678. The number of hydrogen-bond acceptors (Lipinski definition) is 2. The van der Waals surface area contributed by atoms with Crippen molar-refractivity contribution >= 4 is 22.6 Å². The maximum Gasteiger partial charge on any atom is 0.573 e. The standard InChI is InChI=1S/C7H4F3IO2/c8-7(9,10)13-6-2-4(11)1-5(12)3-6/h1-3,12H. The Morgan fingerprint density at radius 2 is 1.85 bits per heavy atom. The van der Waals surface area contributed by atoms with Crippen LogP contribution in [-0.4, -0.2) is 11.5 Å². The number of alkyl halides is 3. The molecule has 1 rings (SSSR count). The first-order valence-electron chi connectivity index (χ1n) is 3.12. The van der Waals surface area contributed by atoms with Gasteiger partial charge in [-0.2, -0.15) is 0 Å². The van der Waals surface area contributed by atoms with Gasteiger partial charge in [0.05, 0.1) is 0 Å². The van der Waals surface area contributed by atoms with Gasteiger partial charge in [-0.3, -0.25) is 0 Å². The minimum Gasteiger partial charge on any atom is -0.508 e. The van der Waals surface area contributed by atoms with Gasteiger partial charge in [-0.25, -0.2) is 0 Å². The van der Waals surface area contributed by atoms with E-state index < -0.39 is 12.1 Å². The largest absolute Gasteiger partial charge is 0.573 e. The molecule has 2 nitrogen and oxygen atoms in total. The van der Waals surface area contributed by atoms with Gasteiger partial charge in [0.1, 0.15) is 11.5 Å². The molecule has 72 valence electrons. The third kappa shape index (κ3) is 3.71. The number of ether oxygens (including phenoxy) is 1. The summed E-state index contributed by atoms with van der Waals surface area (Å²) in [6.07, 6.45) is -4.73. The molecule has 1 N–H and O–H groups in total. The van der Waals surface area contributed by atoms with Crippen molar-refractivity contribution < 1.29 is 23.0 Å². The van der Waals surface area contributed by atoms with Crippen LogP contribution in [0, 0.1) is 3.57 Å². The Morgan fingerprint density at radius 3 is 2.31 bits per heavy atom. The molecule has 0 aromatic heterocycles. The molecule has 0 fully saturated rings. The summed E-state index contributed by atoms with van der Waals surface area (Å²) in [5, 5.41) is 8.94. The van der Waals surface area contributed by atoms with Crippen LogP contribution in [0.5, 0.6) is 11.5 Å². The van der Waals surface area contributed by atoms with Crippen LogP contribution in [0.3, 0.4) is 0 Å². The number of halogens is 4. The van der Waals surface area contributed by atoms with E-state index in [4.69, 9.17) is 5.11 Å². The first-order valence-corrected chi connectivity index (χ1v) is 4.20. The van der Waals surface area contributed by atoms with Crippen molar-refractivity contribution in [1.82, 2.24) is 0 Å². The van der Waals surface area contributed by atoms with Crippen molar-refractivity contribution in [2.45, 2.75) is 6.36 Å². The van der Waals surface area contributed by atoms with Gasteiger partial charge in [0.25, 0.3) is 0 Å². The minimum atomic E-state index is -4.73. The van der Waals surface area contributed by atoms with Gasteiger partial charge in [0.2, 0.25) is 0 Å². The molecule has 0 bridgehead atoms. The SMILES string of the molecule is Oc1cc(I)cc(OC(F)(F)F)c1. The quantitative estimate of drug-likeness (QED) is 0.808. The zero-order valence-corrected chi connectivity index (χ0v) is 8.26. The Morgan fingerprint density at radius 1 is 1.23 bits per heavy atom. The van der Waals surface area contributed by atoms with Crippen molar-refractivity contribution in [1.29, 1.82) is 0 Å². The van der Waals surface area contributed by atoms with E-state index in [1.807, 2.05) is 0 Å². The number of hydrogen-bond donors (Lipinski definition) is 1. The first-order chi connectivity index (χ1) is 5.87. The van der Waals surface area contributed by atoms with Gasteiger partial charge in [0, 0.05) is 9.64 Å². The van der Waals surface area contributed by atoms with Crippen molar-refractivity contribution in [3.05, 3.63) is 21.8 Å². The highest BCUT2D eigenvalue weighted by Crippen LogP contribution is 2.27. The number of phenolic OH excluding ortho intramolecular Hbond substituents is 1. The Labute approximate surface area is 85.5 Å². The van der Waals surface area contributed by atoms with Gasteiger partial charge in [-0.05, 0) is 34.7 Å². The van der Waals surface area contributed by atoms with Crippen molar-refractivity contribution in [2.24, 2.45) is 0 Å². The Balaban J connectivity index is 2.90. The fourth-order valence-electron chi connectivity index (χ4n) is 0.740. The van der Waals surface area contributed by atoms with E-state index >= 15 is 0 Å². The first kappa shape index (κ1) is 10.4. The summed E-state index contributed by atoms with van der Waals surface area (Å²) in [4.78, 5) is 0. The minimum absolute atomic E-state index is 0.258. The Kier molecular flexibility index (Phi) is 2.89. The lowest BCUT2D eigenvalue weighted by Crippen LogP contribution is -2.17. The number of phenols is 1. The molecule has 1 aromatic carbocycles. The molecular weight excluding hydrogens is 300 g/mol. The van der Waals surface area contributed by atoms with Crippen LogP contribution in [0.2, 0.25) is 0 Å². The van der Waals surface area contributed by atoms with Gasteiger partial charge in [-0.15, -0.1) is 13.2 Å². The maximum atomic E-state index is 11.7. The van der Waals surface area contributed by atoms with Crippen LogP contribution in [0.15, 0.2) is 18.2 Å². The van der Waals surface area contributed by atoms with E-state index in [0.717, 1.165) is 6.07 Å². The maximum absolute atomic E-state index is 11.7. The topological polar surface area (TPSA) is 29.5 Å². The van der Waals surface area contributed by atoms with E-state index in [0.29, 0.717) is 3.57 Å². The zero-order valence-electron chi connectivity index (χ0n) is 6.10. The molecule has 1 aromatic rings. The van der Waals surface area contributed by atoms with Crippen molar-refractivity contribution in [3.63, 3.8) is 0 Å². The second kappa shape index (κ2) is 3.60. The molecule has 0 spiro atoms. The van der Waals surface area contributed by atoms with Gasteiger partial charge in [0.15, 0.2) is 0 Å². The second-order valence-corrected chi connectivity index (χ2v) is 3.44. The average Bonchev–Trinajstić information content (AvgIpc) is 1.78. The van der Waals surface area contributed by atoms with E-state index in [2.05, 4.69) is 4.74 Å². The van der Waals surface area contributed by atoms with E-state index in [1.54, 1.807) is 22.6 Å². The predicted molar refractivity (Wildman–Crippen MR) is 47.5 cm³/mol. The van der Waals surface area contributed by atoms with Crippen LogP contribution < -0.4 is 4.74 Å². The molecule has 0 aliphatic rings. The molecule has 0 unspecified atom stereocenters. The lowest BCUT2D eigenvalue weighted by molar-refractivity contribution is -0.274. The summed E-state index contributed by atoms with van der Waals surface area (Å²) >= 11 is 1.78. The number of aromatic hydroxyl groups is 1. The molecule has 0 radical (unpaired) electrons. The third-order valence-electron chi connectivity index (χ3n) is 1.09. The highest BCUT2D eigenvalue weighted by atomic mass is 127. The summed E-state index contributed by atoms with van der Waals surface area (Å²) in [6, 6.07) is 3.40. The predicted octanol–water partition coefficient (Wildman–Crippen LogP) is 2.90. The van der Waals surface area contributed by atoms with Crippen LogP contribution in [0.25, 0.3) is 0 Å². The summed E-state index contributed by atoms with van der Waals surface area (Å²) in [6.45, 7) is 0. The Hall–Kier alpha value is -0.660. The molecule has 0 aliphatic carbocycles. The number of benzene rings is 1. The Bertz CT molecular complexity index is 291. The summed E-state index contributed by atoms with van der Waals surface area (Å²) in [7, 11) is 0. The van der Waals surface area contributed by atoms with Crippen LogP contribution in [0.4, 0.5) is 13.2 Å². The molecule has 0 aliphatic heterocycles. The van der Waals surface area contributed by atoms with Crippen LogP contribution >= 0.6 is 22.6 Å². The summed E-state index contributed by atoms with van der Waals surface area (Å²) < 4.78 is 39.2. The number of rotatable bonds is 1. The van der Waals surface area contributed by atoms with Crippen molar-refractivity contribution in [3.8, 4) is 11.5 Å². The molecule has 0 heterocycles. The smallest absolute Gasteiger partial charge is 0.508 e. The highest BCUT2D eigenvalue weighted by Gasteiger charge is 2.31. The fourth-order valence-corrected chi connectivity index (χ4v) is 1.37. The fraction of sp³-hybridized carbons (Fsp3) is 0.143. The third-order valence-corrected chi connectivity index (χ3v) is 1.71. The van der Waals surface area contributed by atoms with Gasteiger partial charge >= 0.3 is 6.36 Å². The molecule has 0 saturated heterocycles. The van der Waals surface area contributed by atoms with Crippen molar-refractivity contribution in [2.75, 3.05) is 0 Å². The van der Waals surface area contributed by atoms with E-state index in [9.17, 15) is 13.2 Å². The van der Waals surface area contributed by atoms with E-state index in [1.165, 1.54) is 12.1 Å². The molecule has 0 amide bonds. The molecule has 0 atom stereocenters. The lowest BCUT2D eigenvalue weighted by Gasteiger charge is -2.08. The average molecular weight is 304 g/mol. The molecule has 0 saturated carbocycles. The highest BCUT2D eigenvalue weighted by molar-refractivity contribution is 14.1. The summed E-state index contributed by atoms with van der Waals surface area (Å²) in [5.41, 5.74) is 0. The monoisotopic (exact) mass is 304 g/mol. The zero-order chi connectivity index (χ0) is 10.1. The molecule has 13 heavy (non-hydrogen) atoms. The normalized spacial score (nSPS) is 11.4. The lowest BCUT2D eigenvalue weighted by atomic mass is 10.3. The molecular formula is C7H4F3IO2. The second-order valence-electron chi connectivity index (χ2n) is 2.19. The van der Waals surface area contributed by atoms with Crippen LogP contribution in [0.1, 0.15) is 0 Å². The van der Waals surface area contributed by atoms with Gasteiger partial charge in [-0.1, -0.05) is 0 Å².